The number of anilines is 1. The number of morpholine rings is 1. The van der Waals surface area contributed by atoms with Gasteiger partial charge in [0.15, 0.2) is 0 Å². The molecule has 9 heteroatoms. The van der Waals surface area contributed by atoms with Gasteiger partial charge < -0.3 is 25.3 Å². The number of nitrogens with one attached hydrogen (secondary N) is 4. The molecule has 0 amide bonds. The zero-order valence-electron chi connectivity index (χ0n) is 21.1. The van der Waals surface area contributed by atoms with Gasteiger partial charge in [0.1, 0.15) is 17.2 Å². The van der Waals surface area contributed by atoms with Gasteiger partial charge >= 0.3 is 0 Å². The summed E-state index contributed by atoms with van der Waals surface area (Å²) in [7, 11) is 0. The number of benzene rings is 2. The second-order valence-electron chi connectivity index (χ2n) is 10.2. The first kappa shape index (κ1) is 23.1. The van der Waals surface area contributed by atoms with Crippen LogP contribution in [0.15, 0.2) is 59.5 Å². The molecule has 4 heterocycles. The Morgan fingerprint density at radius 1 is 1.05 bits per heavy atom. The van der Waals surface area contributed by atoms with Gasteiger partial charge in [-0.15, -0.1) is 0 Å². The zero-order chi connectivity index (χ0) is 25.6. The van der Waals surface area contributed by atoms with Crippen molar-refractivity contribution in [3.63, 3.8) is 0 Å². The number of ether oxygens (including phenoxy) is 1. The highest BCUT2D eigenvalue weighted by Crippen LogP contribution is 2.39. The van der Waals surface area contributed by atoms with E-state index < -0.39 is 0 Å². The number of nitrogens with zero attached hydrogens (tertiary/aromatic N) is 3. The summed E-state index contributed by atoms with van der Waals surface area (Å²) < 4.78 is 5.93. The van der Waals surface area contributed by atoms with Crippen LogP contribution in [0.5, 0.6) is 0 Å². The Morgan fingerprint density at radius 3 is 2.79 bits per heavy atom. The van der Waals surface area contributed by atoms with Crippen LogP contribution in [-0.4, -0.2) is 44.6 Å². The maximum Gasteiger partial charge on any atom is 0.261 e. The maximum atomic E-state index is 13.5. The molecule has 38 heavy (non-hydrogen) atoms. The Balaban J connectivity index is 1.32. The van der Waals surface area contributed by atoms with Crippen molar-refractivity contribution in [3.8, 4) is 11.4 Å². The minimum absolute atomic E-state index is 0.00606. The molecule has 2 aromatic carbocycles. The number of hydrogen-bond acceptors (Lipinski definition) is 7. The van der Waals surface area contributed by atoms with Gasteiger partial charge in [-0.2, -0.15) is 0 Å². The summed E-state index contributed by atoms with van der Waals surface area (Å²) in [5.74, 6) is 1.75. The highest BCUT2D eigenvalue weighted by molar-refractivity contribution is 5.99. The molecule has 192 valence electrons. The van der Waals surface area contributed by atoms with E-state index in [0.717, 1.165) is 46.3 Å². The van der Waals surface area contributed by atoms with E-state index in [9.17, 15) is 4.79 Å². The summed E-state index contributed by atoms with van der Waals surface area (Å²) in [6.07, 6.45) is 4.18. The van der Waals surface area contributed by atoms with Crippen LogP contribution >= 0.6 is 0 Å². The minimum Gasteiger partial charge on any atom is -0.374 e. The predicted molar refractivity (Wildman–Crippen MR) is 147 cm³/mol. The third-order valence-electron chi connectivity index (χ3n) is 7.40. The summed E-state index contributed by atoms with van der Waals surface area (Å²) in [4.78, 5) is 34.1. The predicted octanol–water partition coefficient (Wildman–Crippen LogP) is 4.57. The second-order valence-corrected chi connectivity index (χ2v) is 10.2. The Bertz CT molecular complexity index is 1700. The van der Waals surface area contributed by atoms with Gasteiger partial charge in [-0.3, -0.25) is 4.79 Å². The molecule has 4 N–H and O–H groups in total. The van der Waals surface area contributed by atoms with Crippen molar-refractivity contribution in [1.29, 1.82) is 0 Å². The van der Waals surface area contributed by atoms with Gasteiger partial charge in [0.25, 0.3) is 5.56 Å². The lowest BCUT2D eigenvalue weighted by Gasteiger charge is -2.23. The fourth-order valence-corrected chi connectivity index (χ4v) is 5.23. The van der Waals surface area contributed by atoms with Gasteiger partial charge in [0.2, 0.25) is 0 Å². The quantitative estimate of drug-likeness (QED) is 0.266. The first-order valence-electron chi connectivity index (χ1n) is 13.2. The summed E-state index contributed by atoms with van der Waals surface area (Å²) in [6.45, 7) is 4.34. The molecular weight excluding hydrogens is 478 g/mol. The fourth-order valence-electron chi connectivity index (χ4n) is 5.23. The number of fused-ring (bicyclic) bond motifs is 2. The standard InChI is InChI=1S/C29H29N7O2/c1-16(27-31-11-10-20(33-27)17-6-7-17)32-26-19-4-2-3-5-21(19)36-29(37)25(26)28-34-22-9-8-18(14-23(22)35-28)24-15-30-12-13-38-24/h2-5,8-11,14,16-17,24,30H,6-7,12-13,15H2,1H3,(H,34,35)(H2,32,36,37)/t16?,24-/m1/s1. The molecule has 7 rings (SSSR count). The minimum atomic E-state index is -0.218. The molecule has 1 aliphatic carbocycles. The molecule has 2 fully saturated rings. The fraction of sp³-hybridized carbons (Fsp3) is 0.310. The molecule has 0 bridgehead atoms. The van der Waals surface area contributed by atoms with Crippen molar-refractivity contribution in [2.45, 2.75) is 37.8 Å². The van der Waals surface area contributed by atoms with Crippen molar-refractivity contribution in [3.05, 3.63) is 82.2 Å². The number of imidazole rings is 1. The van der Waals surface area contributed by atoms with E-state index in [1.54, 1.807) is 0 Å². The van der Waals surface area contributed by atoms with Gasteiger partial charge in [-0.05, 0) is 49.6 Å². The molecule has 1 unspecified atom stereocenters. The van der Waals surface area contributed by atoms with Crippen LogP contribution in [0, 0.1) is 0 Å². The molecule has 0 spiro atoms. The van der Waals surface area contributed by atoms with E-state index in [0.29, 0.717) is 35.4 Å². The molecule has 3 aromatic heterocycles. The van der Waals surface area contributed by atoms with E-state index in [2.05, 4.69) is 31.7 Å². The third kappa shape index (κ3) is 4.23. The lowest BCUT2D eigenvalue weighted by Crippen LogP contribution is -2.33. The van der Waals surface area contributed by atoms with Crippen LogP contribution in [0.2, 0.25) is 0 Å². The Kier molecular flexibility index (Phi) is 5.67. The Morgan fingerprint density at radius 2 is 1.95 bits per heavy atom. The molecule has 1 saturated carbocycles. The topological polar surface area (TPSA) is 121 Å². The molecule has 1 saturated heterocycles. The Hall–Kier alpha value is -4.08. The average molecular weight is 508 g/mol. The number of hydrogen-bond donors (Lipinski definition) is 4. The molecule has 9 nitrogen and oxygen atoms in total. The van der Waals surface area contributed by atoms with Crippen molar-refractivity contribution >= 4 is 27.6 Å². The van der Waals surface area contributed by atoms with Crippen LogP contribution in [0.25, 0.3) is 33.3 Å². The van der Waals surface area contributed by atoms with Crippen LogP contribution in [0.1, 0.15) is 54.9 Å². The van der Waals surface area contributed by atoms with E-state index in [1.165, 1.54) is 12.8 Å². The molecule has 1 aliphatic heterocycles. The number of para-hydroxylation sites is 1. The molecule has 5 aromatic rings. The largest absolute Gasteiger partial charge is 0.374 e. The van der Waals surface area contributed by atoms with E-state index >= 15 is 0 Å². The van der Waals surface area contributed by atoms with E-state index in [-0.39, 0.29) is 17.7 Å². The summed E-state index contributed by atoms with van der Waals surface area (Å²) in [5, 5.41) is 7.84. The lowest BCUT2D eigenvalue weighted by atomic mass is 10.1. The van der Waals surface area contributed by atoms with Crippen LogP contribution in [-0.2, 0) is 4.74 Å². The number of aromatic amines is 2. The van der Waals surface area contributed by atoms with Crippen molar-refractivity contribution in [2.75, 3.05) is 25.0 Å². The van der Waals surface area contributed by atoms with E-state index in [4.69, 9.17) is 14.7 Å². The number of pyridine rings is 1. The van der Waals surface area contributed by atoms with Gasteiger partial charge in [0.05, 0.1) is 41.0 Å². The maximum absolute atomic E-state index is 13.5. The normalized spacial score (nSPS) is 18.6. The zero-order valence-corrected chi connectivity index (χ0v) is 21.1. The first-order valence-corrected chi connectivity index (χ1v) is 13.2. The van der Waals surface area contributed by atoms with Crippen molar-refractivity contribution in [1.82, 2.24) is 30.2 Å². The monoisotopic (exact) mass is 507 g/mol. The highest BCUT2D eigenvalue weighted by atomic mass is 16.5. The van der Waals surface area contributed by atoms with Crippen LogP contribution in [0.3, 0.4) is 0 Å². The molecule has 2 aliphatic rings. The summed E-state index contributed by atoms with van der Waals surface area (Å²) in [5.41, 5.74) is 5.52. The molecular formula is C29H29N7O2. The molecule has 0 radical (unpaired) electrons. The summed E-state index contributed by atoms with van der Waals surface area (Å²) >= 11 is 0. The van der Waals surface area contributed by atoms with Gasteiger partial charge in [-0.25, -0.2) is 15.0 Å². The van der Waals surface area contributed by atoms with Gasteiger partial charge in [-0.1, -0.05) is 24.3 Å². The molecule has 2 atom stereocenters. The Labute approximate surface area is 219 Å². The third-order valence-corrected chi connectivity index (χ3v) is 7.40. The number of rotatable bonds is 6. The second kappa shape index (κ2) is 9.34. The van der Waals surface area contributed by atoms with Crippen molar-refractivity contribution < 1.29 is 4.74 Å². The number of aromatic nitrogens is 5. The van der Waals surface area contributed by atoms with Gasteiger partial charge in [0, 0.05) is 36.3 Å². The number of H-pyrrole nitrogens is 2. The lowest BCUT2D eigenvalue weighted by molar-refractivity contribution is 0.0278. The first-order chi connectivity index (χ1) is 18.6. The smallest absolute Gasteiger partial charge is 0.261 e. The van der Waals surface area contributed by atoms with Crippen LogP contribution < -0.4 is 16.2 Å². The van der Waals surface area contributed by atoms with Crippen LogP contribution in [0.4, 0.5) is 5.69 Å². The van der Waals surface area contributed by atoms with E-state index in [1.807, 2.05) is 55.6 Å². The highest BCUT2D eigenvalue weighted by Gasteiger charge is 2.26. The van der Waals surface area contributed by atoms with Crippen molar-refractivity contribution in [2.24, 2.45) is 0 Å². The summed E-state index contributed by atoms with van der Waals surface area (Å²) in [6, 6.07) is 15.6. The SMILES string of the molecule is CC(Nc1c(-c2nc3ccc([C@H]4CNCCO4)cc3[nH]2)c(=O)[nH]c2ccccc12)c1nccc(C2CC2)n1. The average Bonchev–Trinajstić information content (AvgIpc) is 3.72.